The van der Waals surface area contributed by atoms with Crippen LogP contribution < -0.4 is 5.32 Å². The van der Waals surface area contributed by atoms with Crippen LogP contribution in [-0.2, 0) is 0 Å². The summed E-state index contributed by atoms with van der Waals surface area (Å²) in [5.41, 5.74) is 0.584. The fourth-order valence-electron chi connectivity index (χ4n) is 1.42. The Morgan fingerprint density at radius 3 is 3.00 bits per heavy atom. The van der Waals surface area contributed by atoms with E-state index in [1.807, 2.05) is 0 Å². The predicted molar refractivity (Wildman–Crippen MR) is 53.5 cm³/mol. The lowest BCUT2D eigenvalue weighted by atomic mass is 10.2. The number of rotatable bonds is 4. The van der Waals surface area contributed by atoms with Gasteiger partial charge in [0.15, 0.2) is 5.78 Å². The standard InChI is InChI=1S/C9H14N4O/c1-10-9-5-7(11-12-9)8(14)6-13-3-2-4-13/h5H,2-4,6H2,1H3,(H2,10,11,12). The first-order chi connectivity index (χ1) is 6.79. The number of aromatic nitrogens is 2. The number of anilines is 1. The predicted octanol–water partition coefficient (Wildman–Crippen LogP) is 0.340. The Kier molecular flexibility index (Phi) is 2.49. The zero-order valence-electron chi connectivity index (χ0n) is 8.21. The van der Waals surface area contributed by atoms with E-state index in [1.54, 1.807) is 13.1 Å². The molecule has 1 aliphatic heterocycles. The van der Waals surface area contributed by atoms with Crippen molar-refractivity contribution in [1.82, 2.24) is 15.1 Å². The van der Waals surface area contributed by atoms with Gasteiger partial charge in [-0.2, -0.15) is 5.10 Å². The molecule has 0 atom stereocenters. The van der Waals surface area contributed by atoms with Gasteiger partial charge in [0.25, 0.3) is 0 Å². The molecule has 0 spiro atoms. The van der Waals surface area contributed by atoms with Crippen LogP contribution in [0.5, 0.6) is 0 Å². The average molecular weight is 194 g/mol. The molecule has 0 aliphatic carbocycles. The van der Waals surface area contributed by atoms with E-state index in [0.29, 0.717) is 18.1 Å². The zero-order chi connectivity index (χ0) is 9.97. The molecule has 0 bridgehead atoms. The molecule has 1 aromatic heterocycles. The van der Waals surface area contributed by atoms with Crippen molar-refractivity contribution in [2.24, 2.45) is 0 Å². The van der Waals surface area contributed by atoms with Gasteiger partial charge in [0.1, 0.15) is 11.5 Å². The molecule has 0 amide bonds. The Morgan fingerprint density at radius 2 is 2.50 bits per heavy atom. The number of Topliss-reactive ketones (excluding diaryl/α,β-unsaturated/α-hetero) is 1. The Hall–Kier alpha value is -1.36. The van der Waals surface area contributed by atoms with E-state index in [-0.39, 0.29) is 5.78 Å². The molecule has 1 saturated heterocycles. The molecule has 0 aromatic carbocycles. The van der Waals surface area contributed by atoms with Gasteiger partial charge in [-0.1, -0.05) is 0 Å². The van der Waals surface area contributed by atoms with Gasteiger partial charge in [-0.25, -0.2) is 0 Å². The van der Waals surface area contributed by atoms with Gasteiger partial charge < -0.3 is 5.32 Å². The molecule has 0 unspecified atom stereocenters. The van der Waals surface area contributed by atoms with Crippen molar-refractivity contribution in [3.63, 3.8) is 0 Å². The van der Waals surface area contributed by atoms with Crippen molar-refractivity contribution in [2.45, 2.75) is 6.42 Å². The molecule has 1 aliphatic rings. The summed E-state index contributed by atoms with van der Waals surface area (Å²) in [6.45, 7) is 2.59. The van der Waals surface area contributed by atoms with Gasteiger partial charge in [-0.15, -0.1) is 0 Å². The zero-order valence-corrected chi connectivity index (χ0v) is 8.21. The second-order valence-corrected chi connectivity index (χ2v) is 3.47. The summed E-state index contributed by atoms with van der Waals surface area (Å²) in [5, 5.41) is 9.53. The normalized spacial score (nSPS) is 16.4. The lowest BCUT2D eigenvalue weighted by molar-refractivity contribution is 0.0870. The molecule has 1 fully saturated rings. The maximum absolute atomic E-state index is 11.6. The van der Waals surface area contributed by atoms with Crippen LogP contribution in [-0.4, -0.2) is 47.6 Å². The SMILES string of the molecule is CNc1cc(C(=O)CN2CCC2)[nH]n1. The van der Waals surface area contributed by atoms with E-state index in [9.17, 15) is 4.79 Å². The van der Waals surface area contributed by atoms with Crippen LogP contribution in [0, 0.1) is 0 Å². The van der Waals surface area contributed by atoms with Gasteiger partial charge in [-0.05, 0) is 19.5 Å². The summed E-state index contributed by atoms with van der Waals surface area (Å²) < 4.78 is 0. The number of hydrogen-bond acceptors (Lipinski definition) is 4. The first kappa shape index (κ1) is 9.21. The highest BCUT2D eigenvalue weighted by molar-refractivity contribution is 5.96. The second kappa shape index (κ2) is 3.79. The van der Waals surface area contributed by atoms with Gasteiger partial charge >= 0.3 is 0 Å². The third-order valence-corrected chi connectivity index (χ3v) is 2.45. The van der Waals surface area contributed by atoms with E-state index in [4.69, 9.17) is 0 Å². The topological polar surface area (TPSA) is 61.0 Å². The average Bonchev–Trinajstić information content (AvgIpc) is 2.59. The lowest BCUT2D eigenvalue weighted by Crippen LogP contribution is -2.40. The van der Waals surface area contributed by atoms with Crippen LogP contribution >= 0.6 is 0 Å². The van der Waals surface area contributed by atoms with Crippen LogP contribution in [0.4, 0.5) is 5.82 Å². The smallest absolute Gasteiger partial charge is 0.194 e. The van der Waals surface area contributed by atoms with E-state index in [0.717, 1.165) is 13.1 Å². The van der Waals surface area contributed by atoms with Crippen molar-refractivity contribution in [3.05, 3.63) is 11.8 Å². The highest BCUT2D eigenvalue weighted by Gasteiger charge is 2.19. The Balaban J connectivity index is 1.95. The Morgan fingerprint density at radius 1 is 1.71 bits per heavy atom. The molecule has 0 radical (unpaired) electrons. The fraction of sp³-hybridized carbons (Fsp3) is 0.556. The first-order valence-corrected chi connectivity index (χ1v) is 4.78. The van der Waals surface area contributed by atoms with Gasteiger partial charge in [0, 0.05) is 13.1 Å². The number of hydrogen-bond donors (Lipinski definition) is 2. The quantitative estimate of drug-likeness (QED) is 0.678. The largest absolute Gasteiger partial charge is 0.372 e. The molecule has 2 rings (SSSR count). The third kappa shape index (κ3) is 1.77. The monoisotopic (exact) mass is 194 g/mol. The fourth-order valence-corrected chi connectivity index (χ4v) is 1.42. The molecular weight excluding hydrogens is 180 g/mol. The van der Waals surface area contributed by atoms with E-state index in [2.05, 4.69) is 20.4 Å². The molecule has 76 valence electrons. The summed E-state index contributed by atoms with van der Waals surface area (Å²) >= 11 is 0. The molecule has 5 nitrogen and oxygen atoms in total. The summed E-state index contributed by atoms with van der Waals surface area (Å²) in [6.07, 6.45) is 1.21. The number of likely N-dealkylation sites (tertiary alicyclic amines) is 1. The highest BCUT2D eigenvalue weighted by Crippen LogP contribution is 2.09. The van der Waals surface area contributed by atoms with Crippen molar-refractivity contribution in [3.8, 4) is 0 Å². The highest BCUT2D eigenvalue weighted by atomic mass is 16.1. The molecule has 5 heteroatoms. The maximum Gasteiger partial charge on any atom is 0.194 e. The van der Waals surface area contributed by atoms with Crippen molar-refractivity contribution >= 4 is 11.6 Å². The number of ketones is 1. The van der Waals surface area contributed by atoms with Gasteiger partial charge in [0.2, 0.25) is 0 Å². The number of nitrogens with zero attached hydrogens (tertiary/aromatic N) is 2. The first-order valence-electron chi connectivity index (χ1n) is 4.78. The number of carbonyl (C=O) groups is 1. The summed E-state index contributed by atoms with van der Waals surface area (Å²) in [6, 6.07) is 1.74. The van der Waals surface area contributed by atoms with Crippen LogP contribution in [0.2, 0.25) is 0 Å². The Bertz CT molecular complexity index is 329. The number of nitrogens with one attached hydrogen (secondary N) is 2. The summed E-state index contributed by atoms with van der Waals surface area (Å²) in [5.74, 6) is 0.815. The summed E-state index contributed by atoms with van der Waals surface area (Å²) in [7, 11) is 1.78. The molecule has 0 saturated carbocycles. The molecule has 1 aromatic rings. The van der Waals surface area contributed by atoms with Crippen LogP contribution in [0.25, 0.3) is 0 Å². The second-order valence-electron chi connectivity index (χ2n) is 3.47. The lowest BCUT2D eigenvalue weighted by Gasteiger charge is -2.29. The number of H-pyrrole nitrogens is 1. The molecule has 14 heavy (non-hydrogen) atoms. The minimum absolute atomic E-state index is 0.110. The van der Waals surface area contributed by atoms with E-state index >= 15 is 0 Å². The van der Waals surface area contributed by atoms with Crippen LogP contribution in [0.15, 0.2) is 6.07 Å². The van der Waals surface area contributed by atoms with Crippen LogP contribution in [0.1, 0.15) is 16.9 Å². The third-order valence-electron chi connectivity index (χ3n) is 2.45. The van der Waals surface area contributed by atoms with Gasteiger partial charge in [0.05, 0.1) is 6.54 Å². The van der Waals surface area contributed by atoms with Crippen molar-refractivity contribution in [2.75, 3.05) is 32.0 Å². The summed E-state index contributed by atoms with van der Waals surface area (Å²) in [4.78, 5) is 13.8. The Labute approximate surface area is 82.5 Å². The van der Waals surface area contributed by atoms with E-state index < -0.39 is 0 Å². The minimum atomic E-state index is 0.110. The maximum atomic E-state index is 11.6. The van der Waals surface area contributed by atoms with Crippen molar-refractivity contribution < 1.29 is 4.79 Å². The van der Waals surface area contributed by atoms with E-state index in [1.165, 1.54) is 6.42 Å². The molecule has 2 heterocycles. The minimum Gasteiger partial charge on any atom is -0.372 e. The number of aromatic amines is 1. The molecule has 2 N–H and O–H groups in total. The number of carbonyl (C=O) groups excluding carboxylic acids is 1. The van der Waals surface area contributed by atoms with Gasteiger partial charge in [-0.3, -0.25) is 14.8 Å². The van der Waals surface area contributed by atoms with Crippen LogP contribution in [0.3, 0.4) is 0 Å². The molecular formula is C9H14N4O. The van der Waals surface area contributed by atoms with Crippen molar-refractivity contribution in [1.29, 1.82) is 0 Å².